The summed E-state index contributed by atoms with van der Waals surface area (Å²) >= 11 is 0. The Labute approximate surface area is 166 Å². The number of rotatable bonds is 7. The monoisotopic (exact) mass is 387 g/mol. The number of carbonyl (C=O) groups excluding carboxylic acids is 1. The van der Waals surface area contributed by atoms with Crippen molar-refractivity contribution in [1.82, 2.24) is 0 Å². The molecule has 150 valence electrons. The van der Waals surface area contributed by atoms with Gasteiger partial charge in [-0.3, -0.25) is 4.79 Å². The van der Waals surface area contributed by atoms with Crippen LogP contribution >= 0.6 is 0 Å². The highest BCUT2D eigenvalue weighted by Crippen LogP contribution is 2.18. The van der Waals surface area contributed by atoms with Gasteiger partial charge in [0.15, 0.2) is 6.54 Å². The van der Waals surface area contributed by atoms with Crippen molar-refractivity contribution in [3.05, 3.63) is 59.4 Å². The molecule has 1 amide bonds. The topological polar surface area (TPSA) is 47.2 Å². The van der Waals surface area contributed by atoms with Gasteiger partial charge in [-0.05, 0) is 42.3 Å². The predicted molar refractivity (Wildman–Crippen MR) is 107 cm³/mol. The van der Waals surface area contributed by atoms with Gasteiger partial charge < -0.3 is 19.9 Å². The highest BCUT2D eigenvalue weighted by Gasteiger charge is 2.25. The van der Waals surface area contributed by atoms with Crippen molar-refractivity contribution >= 4 is 11.6 Å². The van der Waals surface area contributed by atoms with E-state index >= 15 is 0 Å². The normalized spacial score (nSPS) is 19.2. The molecule has 0 atom stereocenters. The lowest BCUT2D eigenvalue weighted by Crippen LogP contribution is -3.28. The second-order valence-electron chi connectivity index (χ2n) is 7.41. The summed E-state index contributed by atoms with van der Waals surface area (Å²) in [6.45, 7) is 7.09. The zero-order chi connectivity index (χ0) is 19.9. The van der Waals surface area contributed by atoms with Crippen LogP contribution in [0.5, 0.6) is 5.75 Å². The molecule has 28 heavy (non-hydrogen) atoms. The third-order valence-corrected chi connectivity index (χ3v) is 5.40. The van der Waals surface area contributed by atoms with Crippen molar-refractivity contribution in [2.24, 2.45) is 0 Å². The van der Waals surface area contributed by atoms with E-state index in [4.69, 9.17) is 4.74 Å². The Hall–Kier alpha value is -2.44. The van der Waals surface area contributed by atoms with Crippen LogP contribution in [0.15, 0.2) is 42.5 Å². The van der Waals surface area contributed by atoms with Gasteiger partial charge in [-0.1, -0.05) is 19.1 Å². The number of aryl methyl sites for hydroxylation is 1. The van der Waals surface area contributed by atoms with Crippen molar-refractivity contribution in [1.29, 1.82) is 0 Å². The molecule has 6 heteroatoms. The fraction of sp³-hybridized carbons (Fsp3) is 0.409. The molecule has 2 aromatic carbocycles. The number of benzene rings is 2. The van der Waals surface area contributed by atoms with Crippen LogP contribution in [0.1, 0.15) is 18.1 Å². The SMILES string of the molecule is CCc1ccc(NC(=O)C[NH+]2CC[NH+](Cc3cc(F)ccc3OC)CC2)cc1. The number of halogens is 1. The minimum atomic E-state index is -0.233. The Morgan fingerprint density at radius 2 is 1.75 bits per heavy atom. The molecule has 1 aliphatic heterocycles. The summed E-state index contributed by atoms with van der Waals surface area (Å²) in [6.07, 6.45) is 0.993. The zero-order valence-corrected chi connectivity index (χ0v) is 16.7. The lowest BCUT2D eigenvalue weighted by Gasteiger charge is -2.29. The van der Waals surface area contributed by atoms with Gasteiger partial charge in [-0.2, -0.15) is 0 Å². The molecular formula is C22H30FN3O2+2. The van der Waals surface area contributed by atoms with Crippen LogP contribution in [0, 0.1) is 5.82 Å². The lowest BCUT2D eigenvalue weighted by atomic mass is 10.1. The van der Waals surface area contributed by atoms with Crippen LogP contribution in [-0.4, -0.2) is 45.7 Å². The fourth-order valence-electron chi connectivity index (χ4n) is 3.72. The Balaban J connectivity index is 1.46. The minimum Gasteiger partial charge on any atom is -0.496 e. The first-order valence-corrected chi connectivity index (χ1v) is 9.95. The van der Waals surface area contributed by atoms with Crippen molar-refractivity contribution in [2.75, 3.05) is 45.2 Å². The third kappa shape index (κ3) is 5.53. The number of carbonyl (C=O) groups is 1. The van der Waals surface area contributed by atoms with E-state index in [0.29, 0.717) is 6.54 Å². The number of quaternary nitrogens is 2. The van der Waals surface area contributed by atoms with E-state index in [1.54, 1.807) is 19.2 Å². The largest absolute Gasteiger partial charge is 0.496 e. The van der Waals surface area contributed by atoms with E-state index in [1.165, 1.54) is 21.4 Å². The van der Waals surface area contributed by atoms with Crippen LogP contribution < -0.4 is 19.9 Å². The molecule has 1 heterocycles. The first-order valence-electron chi connectivity index (χ1n) is 9.95. The van der Waals surface area contributed by atoms with Crippen molar-refractivity contribution < 1.29 is 23.7 Å². The molecule has 3 rings (SSSR count). The average Bonchev–Trinajstić information content (AvgIpc) is 2.70. The molecule has 1 saturated heterocycles. The van der Waals surface area contributed by atoms with Gasteiger partial charge in [0.1, 0.15) is 44.3 Å². The molecule has 3 N–H and O–H groups in total. The Morgan fingerprint density at radius 1 is 1.07 bits per heavy atom. The summed E-state index contributed by atoms with van der Waals surface area (Å²) in [5, 5.41) is 2.99. The second kappa shape index (κ2) is 9.66. The number of methoxy groups -OCH3 is 1. The molecular weight excluding hydrogens is 357 g/mol. The van der Waals surface area contributed by atoms with Gasteiger partial charge >= 0.3 is 0 Å². The lowest BCUT2D eigenvalue weighted by molar-refractivity contribution is -1.02. The third-order valence-electron chi connectivity index (χ3n) is 5.40. The Kier molecular flexibility index (Phi) is 7.01. The summed E-state index contributed by atoms with van der Waals surface area (Å²) in [5.74, 6) is 0.551. The number of hydrogen-bond acceptors (Lipinski definition) is 2. The van der Waals surface area contributed by atoms with Crippen molar-refractivity contribution in [3.63, 3.8) is 0 Å². The summed E-state index contributed by atoms with van der Waals surface area (Å²) in [5.41, 5.74) is 3.01. The van der Waals surface area contributed by atoms with Crippen LogP contribution in [0.25, 0.3) is 0 Å². The number of ether oxygens (including phenoxy) is 1. The number of piperazine rings is 1. The molecule has 0 bridgehead atoms. The van der Waals surface area contributed by atoms with Crippen LogP contribution in [0.2, 0.25) is 0 Å². The molecule has 1 fully saturated rings. The number of hydrogen-bond donors (Lipinski definition) is 3. The van der Waals surface area contributed by atoms with E-state index in [0.717, 1.165) is 56.1 Å². The Morgan fingerprint density at radius 3 is 2.39 bits per heavy atom. The molecule has 0 unspecified atom stereocenters. The first kappa shape index (κ1) is 20.3. The van der Waals surface area contributed by atoms with E-state index in [-0.39, 0.29) is 11.7 Å². The summed E-state index contributed by atoms with van der Waals surface area (Å²) in [4.78, 5) is 15.0. The first-order chi connectivity index (χ1) is 13.6. The molecule has 5 nitrogen and oxygen atoms in total. The molecule has 0 spiro atoms. The van der Waals surface area contributed by atoms with Crippen LogP contribution in [0.4, 0.5) is 10.1 Å². The maximum absolute atomic E-state index is 13.6. The fourth-order valence-corrected chi connectivity index (χ4v) is 3.72. The van der Waals surface area contributed by atoms with Gasteiger partial charge in [-0.25, -0.2) is 4.39 Å². The van der Waals surface area contributed by atoms with Gasteiger partial charge in [0.25, 0.3) is 5.91 Å². The molecule has 2 aromatic rings. The highest BCUT2D eigenvalue weighted by molar-refractivity contribution is 5.91. The molecule has 0 saturated carbocycles. The quantitative estimate of drug-likeness (QED) is 0.641. The second-order valence-corrected chi connectivity index (χ2v) is 7.41. The molecule has 0 aliphatic carbocycles. The average molecular weight is 387 g/mol. The molecule has 1 aliphatic rings. The van der Waals surface area contributed by atoms with Gasteiger partial charge in [0.2, 0.25) is 0 Å². The van der Waals surface area contributed by atoms with Crippen molar-refractivity contribution in [3.8, 4) is 5.75 Å². The maximum atomic E-state index is 13.6. The summed E-state index contributed by atoms with van der Waals surface area (Å²) < 4.78 is 18.9. The van der Waals surface area contributed by atoms with E-state index in [1.807, 2.05) is 24.3 Å². The highest BCUT2D eigenvalue weighted by atomic mass is 19.1. The molecule has 0 aromatic heterocycles. The standard InChI is InChI=1S/C22H28FN3O2/c1-3-17-4-7-20(8-5-17)24-22(27)16-26-12-10-25(11-13-26)15-18-14-19(23)6-9-21(18)28-2/h4-9,14H,3,10-13,15-16H2,1-2H3,(H,24,27)/p+2. The van der Waals surface area contributed by atoms with E-state index in [2.05, 4.69) is 12.2 Å². The number of nitrogens with one attached hydrogen (secondary N) is 3. The van der Waals surface area contributed by atoms with Crippen molar-refractivity contribution in [2.45, 2.75) is 19.9 Å². The summed E-state index contributed by atoms with van der Waals surface area (Å²) in [7, 11) is 1.61. The predicted octanol–water partition coefficient (Wildman–Crippen LogP) is 0.319. The van der Waals surface area contributed by atoms with E-state index in [9.17, 15) is 9.18 Å². The number of amides is 1. The van der Waals surface area contributed by atoms with Gasteiger partial charge in [0, 0.05) is 5.69 Å². The number of anilines is 1. The summed E-state index contributed by atoms with van der Waals surface area (Å²) in [6, 6.07) is 12.7. The minimum absolute atomic E-state index is 0.0505. The van der Waals surface area contributed by atoms with Gasteiger partial charge in [0.05, 0.1) is 12.7 Å². The van der Waals surface area contributed by atoms with Crippen LogP contribution in [-0.2, 0) is 17.8 Å². The maximum Gasteiger partial charge on any atom is 0.279 e. The molecule has 0 radical (unpaired) electrons. The smallest absolute Gasteiger partial charge is 0.279 e. The van der Waals surface area contributed by atoms with E-state index < -0.39 is 0 Å². The van der Waals surface area contributed by atoms with Crippen LogP contribution in [0.3, 0.4) is 0 Å². The van der Waals surface area contributed by atoms with Gasteiger partial charge in [-0.15, -0.1) is 0 Å². The Bertz CT molecular complexity index is 787. The zero-order valence-electron chi connectivity index (χ0n) is 16.7.